The molecule has 0 atom stereocenters. The van der Waals surface area contributed by atoms with Crippen molar-refractivity contribution >= 4 is 68.4 Å². The highest BCUT2D eigenvalue weighted by Gasteiger charge is 2.19. The maximum Gasteiger partial charge on any atom is 0.338 e. The van der Waals surface area contributed by atoms with Crippen molar-refractivity contribution in [1.29, 1.82) is 0 Å². The molecule has 0 fully saturated rings. The molecule has 0 bridgehead atoms. The third-order valence-corrected chi connectivity index (χ3v) is 6.13. The summed E-state index contributed by atoms with van der Waals surface area (Å²) in [5, 5.41) is 5.63. The number of unbranched alkanes of at least 4 members (excludes halogenated alkanes) is 1. The molecule has 0 saturated heterocycles. The van der Waals surface area contributed by atoms with Gasteiger partial charge in [0.2, 0.25) is 0 Å². The lowest BCUT2D eigenvalue weighted by molar-refractivity contribution is 0.0417. The number of aliphatic hydroxyl groups is 1. The van der Waals surface area contributed by atoms with Crippen LogP contribution in [0.25, 0.3) is 0 Å². The van der Waals surface area contributed by atoms with Crippen LogP contribution in [0, 0.1) is 0 Å². The van der Waals surface area contributed by atoms with E-state index in [2.05, 4.69) is 31.1 Å². The molecule has 0 spiro atoms. The van der Waals surface area contributed by atoms with Crippen molar-refractivity contribution in [3.05, 3.63) is 121 Å². The summed E-state index contributed by atoms with van der Waals surface area (Å²) in [4.78, 5) is 69.5. The zero-order valence-electron chi connectivity index (χ0n) is 27.4. The minimum Gasteiger partial charge on any atom is -0.499 e. The lowest BCUT2D eigenvalue weighted by atomic mass is 10.1. The molecule has 0 aromatic heterocycles. The van der Waals surface area contributed by atoms with Gasteiger partial charge in [0.15, 0.2) is 0 Å². The standard InChI is InChI=1S/C22H26O8.C9H3Cl3O3.C4H8O2/c1-4-7-8-9-28-20(23)17-14-18(21(24)29-12-10-26-5-2)16-19(15-17)22(25)30-13-11-27-6-3;10-7(13)4-1-5(8(11)14)3-6(2-4)9(12)15;1-2-6-4-3-5/h4-6,14-16H,1-3,7-13H2;1-3H;2,5H,1,3-4H2. The van der Waals surface area contributed by atoms with E-state index in [-0.39, 0.29) is 73.0 Å². The molecule has 2 aromatic rings. The minimum atomic E-state index is -0.797. The number of carbonyl (C=O) groups is 6. The first-order valence-corrected chi connectivity index (χ1v) is 15.8. The van der Waals surface area contributed by atoms with Crippen LogP contribution in [0.5, 0.6) is 0 Å². The van der Waals surface area contributed by atoms with Crippen LogP contribution in [0.15, 0.2) is 87.6 Å². The first kappa shape index (κ1) is 46.0. The number of allylic oxidation sites excluding steroid dienone is 1. The predicted molar refractivity (Wildman–Crippen MR) is 189 cm³/mol. The van der Waals surface area contributed by atoms with Gasteiger partial charge in [-0.15, -0.1) is 6.58 Å². The van der Waals surface area contributed by atoms with Crippen LogP contribution in [0.1, 0.15) is 75.0 Å². The van der Waals surface area contributed by atoms with Crippen LogP contribution < -0.4 is 0 Å². The fraction of sp³-hybridized carbons (Fsp3) is 0.257. The van der Waals surface area contributed by atoms with E-state index in [0.717, 1.165) is 0 Å². The lowest BCUT2D eigenvalue weighted by Crippen LogP contribution is -2.15. The Balaban J connectivity index is 0.000000978. The second-order valence-electron chi connectivity index (χ2n) is 9.09. The molecule has 2 aromatic carbocycles. The van der Waals surface area contributed by atoms with E-state index in [4.69, 9.17) is 63.6 Å². The second-order valence-corrected chi connectivity index (χ2v) is 10.1. The highest BCUT2D eigenvalue weighted by Crippen LogP contribution is 2.17. The van der Waals surface area contributed by atoms with Crippen molar-refractivity contribution in [3.63, 3.8) is 0 Å². The zero-order chi connectivity index (χ0) is 38.6. The number of benzene rings is 2. The summed E-state index contributed by atoms with van der Waals surface area (Å²) in [5.41, 5.74) is 0.0121. The number of hydrogen-bond acceptors (Lipinski definition) is 13. The average Bonchev–Trinajstić information content (AvgIpc) is 3.12. The van der Waals surface area contributed by atoms with Crippen molar-refractivity contribution in [2.24, 2.45) is 0 Å². The third-order valence-electron chi connectivity index (χ3n) is 5.47. The number of halogens is 3. The number of aliphatic hydroxyl groups excluding tert-OH is 1. The molecular weight excluding hydrogens is 735 g/mol. The molecule has 0 saturated carbocycles. The van der Waals surface area contributed by atoms with Gasteiger partial charge in [-0.2, -0.15) is 0 Å². The van der Waals surface area contributed by atoms with Crippen LogP contribution in [0.2, 0.25) is 0 Å². The molecule has 51 heavy (non-hydrogen) atoms. The molecule has 0 aliphatic carbocycles. The molecule has 0 heterocycles. The normalized spacial score (nSPS) is 9.49. The molecule has 0 aliphatic rings. The maximum atomic E-state index is 12.3. The Kier molecular flexibility index (Phi) is 25.1. The van der Waals surface area contributed by atoms with Gasteiger partial charge in [0.25, 0.3) is 15.7 Å². The van der Waals surface area contributed by atoms with Gasteiger partial charge in [0.1, 0.15) is 33.0 Å². The van der Waals surface area contributed by atoms with Gasteiger partial charge in [-0.05, 0) is 84.0 Å². The Morgan fingerprint density at radius 3 is 1.10 bits per heavy atom. The van der Waals surface area contributed by atoms with Gasteiger partial charge in [0.05, 0.1) is 48.7 Å². The predicted octanol–water partition coefficient (Wildman–Crippen LogP) is 6.41. The Bertz CT molecular complexity index is 1330. The Labute approximate surface area is 309 Å². The van der Waals surface area contributed by atoms with Gasteiger partial charge in [-0.1, -0.05) is 25.8 Å². The largest absolute Gasteiger partial charge is 0.499 e. The van der Waals surface area contributed by atoms with Crippen molar-refractivity contribution in [1.82, 2.24) is 0 Å². The maximum absolute atomic E-state index is 12.3. The Hall–Kier alpha value is -4.95. The molecule has 0 aliphatic heterocycles. The molecule has 0 unspecified atom stereocenters. The van der Waals surface area contributed by atoms with Crippen LogP contribution >= 0.6 is 34.8 Å². The summed E-state index contributed by atoms with van der Waals surface area (Å²) in [6.07, 6.45) is 6.76. The van der Waals surface area contributed by atoms with E-state index >= 15 is 0 Å². The summed E-state index contributed by atoms with van der Waals surface area (Å²) in [6, 6.07) is 7.44. The second kappa shape index (κ2) is 27.8. The van der Waals surface area contributed by atoms with Crippen molar-refractivity contribution in [2.45, 2.75) is 12.8 Å². The average molecular weight is 772 g/mol. The van der Waals surface area contributed by atoms with Gasteiger partial charge in [-0.25, -0.2) is 14.4 Å². The summed E-state index contributed by atoms with van der Waals surface area (Å²) in [5.74, 6) is -2.13. The topological polar surface area (TPSA) is 178 Å². The first-order valence-electron chi connectivity index (χ1n) is 14.7. The van der Waals surface area contributed by atoms with Gasteiger partial charge >= 0.3 is 17.9 Å². The fourth-order valence-corrected chi connectivity index (χ4v) is 3.59. The molecule has 13 nitrogen and oxygen atoms in total. The molecule has 1 N–H and O–H groups in total. The number of rotatable bonds is 21. The molecule has 0 amide bonds. The van der Waals surface area contributed by atoms with E-state index in [9.17, 15) is 28.8 Å². The van der Waals surface area contributed by atoms with Crippen molar-refractivity contribution in [3.8, 4) is 0 Å². The fourth-order valence-electron chi connectivity index (χ4n) is 3.26. The molecular formula is C35H37Cl3O13. The van der Waals surface area contributed by atoms with Crippen molar-refractivity contribution in [2.75, 3.05) is 46.2 Å². The van der Waals surface area contributed by atoms with Gasteiger partial charge in [0, 0.05) is 16.7 Å². The lowest BCUT2D eigenvalue weighted by Gasteiger charge is -2.10. The summed E-state index contributed by atoms with van der Waals surface area (Å²) < 4.78 is 29.6. The van der Waals surface area contributed by atoms with Crippen LogP contribution in [-0.4, -0.2) is 85.0 Å². The quantitative estimate of drug-likeness (QED) is 0.0368. The summed E-state index contributed by atoms with van der Waals surface area (Å²) in [6.45, 7) is 14.4. The number of hydrogen-bond donors (Lipinski definition) is 1. The summed E-state index contributed by atoms with van der Waals surface area (Å²) in [7, 11) is 0. The molecule has 0 radical (unpaired) electrons. The number of ether oxygens (including phenoxy) is 6. The van der Waals surface area contributed by atoms with Crippen LogP contribution in [-0.2, 0) is 28.4 Å². The Morgan fingerprint density at radius 1 is 0.510 bits per heavy atom. The number of carbonyl (C=O) groups excluding carboxylic acids is 6. The smallest absolute Gasteiger partial charge is 0.338 e. The van der Waals surface area contributed by atoms with E-state index in [0.29, 0.717) is 19.4 Å². The summed E-state index contributed by atoms with van der Waals surface area (Å²) >= 11 is 15.6. The zero-order valence-corrected chi connectivity index (χ0v) is 29.7. The van der Waals surface area contributed by atoms with E-state index in [1.807, 2.05) is 0 Å². The highest BCUT2D eigenvalue weighted by atomic mass is 35.5. The molecule has 276 valence electrons. The SMILES string of the molecule is C=CCCCOC(=O)c1cc(C(=O)OCCOC=C)cc(C(=O)OCCOC=C)c1.C=COCCO.O=C(Cl)c1cc(C(=O)Cl)cc(C(=O)Cl)c1. The van der Waals surface area contributed by atoms with Crippen LogP contribution in [0.3, 0.4) is 0 Å². The van der Waals surface area contributed by atoms with E-state index < -0.39 is 33.6 Å². The van der Waals surface area contributed by atoms with E-state index in [1.54, 1.807) is 6.08 Å². The van der Waals surface area contributed by atoms with Crippen molar-refractivity contribution < 1.29 is 62.3 Å². The van der Waals surface area contributed by atoms with Crippen LogP contribution in [0.4, 0.5) is 0 Å². The monoisotopic (exact) mass is 770 g/mol. The molecule has 16 heteroatoms. The van der Waals surface area contributed by atoms with Gasteiger partial charge < -0.3 is 33.5 Å². The van der Waals surface area contributed by atoms with Gasteiger partial charge in [-0.3, -0.25) is 14.4 Å². The third kappa shape index (κ3) is 20.4. The minimum absolute atomic E-state index is 0.00318. The Morgan fingerprint density at radius 2 is 0.824 bits per heavy atom. The van der Waals surface area contributed by atoms with E-state index in [1.165, 1.54) is 55.2 Å². The first-order chi connectivity index (χ1) is 24.4. The highest BCUT2D eigenvalue weighted by molar-refractivity contribution is 6.70. The molecule has 2 rings (SSSR count). The number of esters is 3.